The van der Waals surface area contributed by atoms with Crippen LogP contribution in [0.2, 0.25) is 0 Å². The molecule has 0 atom stereocenters. The number of amides is 1. The Bertz CT molecular complexity index is 1230. The van der Waals surface area contributed by atoms with Gasteiger partial charge in [-0.25, -0.2) is 9.97 Å². The van der Waals surface area contributed by atoms with E-state index in [-0.39, 0.29) is 17.1 Å². The number of nitrogens with two attached hydrogens (primary N) is 2. The molecule has 1 aliphatic heterocycles. The summed E-state index contributed by atoms with van der Waals surface area (Å²) >= 11 is 0. The van der Waals surface area contributed by atoms with E-state index >= 15 is 0 Å². The first-order valence-electron chi connectivity index (χ1n) is 10.2. The molecular formula is C23H25N5O3. The van der Waals surface area contributed by atoms with Crippen molar-refractivity contribution in [1.29, 1.82) is 0 Å². The zero-order valence-corrected chi connectivity index (χ0v) is 17.6. The third kappa shape index (κ3) is 3.80. The van der Waals surface area contributed by atoms with Crippen molar-refractivity contribution in [2.24, 2.45) is 11.7 Å². The quantitative estimate of drug-likeness (QED) is 0.560. The minimum Gasteiger partial charge on any atom is -0.508 e. The smallest absolute Gasteiger partial charge is 0.254 e. The number of aryl methyl sites for hydroxylation is 1. The van der Waals surface area contributed by atoms with Gasteiger partial charge >= 0.3 is 0 Å². The van der Waals surface area contributed by atoms with Crippen LogP contribution in [0, 0.1) is 31.6 Å². The summed E-state index contributed by atoms with van der Waals surface area (Å²) in [6, 6.07) is 3.39. The molecule has 1 aliphatic rings. The van der Waals surface area contributed by atoms with Gasteiger partial charge in [-0.1, -0.05) is 12.0 Å². The van der Waals surface area contributed by atoms with Crippen LogP contribution < -0.4 is 11.5 Å². The number of ether oxygens (including phenoxy) is 1. The summed E-state index contributed by atoms with van der Waals surface area (Å²) in [6.07, 6.45) is 4.31. The van der Waals surface area contributed by atoms with Crippen LogP contribution in [0.4, 0.5) is 5.82 Å². The fourth-order valence-corrected chi connectivity index (χ4v) is 3.99. The lowest BCUT2D eigenvalue weighted by Gasteiger charge is -2.19. The van der Waals surface area contributed by atoms with Gasteiger partial charge in [0.15, 0.2) is 5.65 Å². The molecule has 1 aromatic carbocycles. The molecule has 0 bridgehead atoms. The second-order valence-electron chi connectivity index (χ2n) is 7.82. The average Bonchev–Trinajstić information content (AvgIpc) is 3.03. The van der Waals surface area contributed by atoms with Crippen molar-refractivity contribution in [3.63, 3.8) is 0 Å². The Morgan fingerprint density at radius 2 is 2.06 bits per heavy atom. The standard InChI is InChI=1S/C23H25N5O3/c1-13-6-7-17(29)14(2)20(13)28-21(24)18(22(25)30)19-23(28)27-16(12-26-19)5-3-4-15-8-10-31-11-9-15/h6-7,12,15,29H,4,8-11,24H2,1-2H3,(H2,25,30). The molecule has 1 saturated heterocycles. The number of carbonyl (C=O) groups is 1. The van der Waals surface area contributed by atoms with Gasteiger partial charge in [-0.2, -0.15) is 0 Å². The number of anilines is 1. The van der Waals surface area contributed by atoms with Crippen LogP contribution in [0.15, 0.2) is 18.3 Å². The SMILES string of the molecule is Cc1ccc(O)c(C)c1-n1c(N)c(C(N)=O)c2ncc(C#CCC3CCOCC3)nc21. The summed E-state index contributed by atoms with van der Waals surface area (Å²) in [5.41, 5.74) is 15.3. The molecule has 0 spiro atoms. The second kappa shape index (κ2) is 8.28. The largest absolute Gasteiger partial charge is 0.508 e. The molecule has 4 rings (SSSR count). The van der Waals surface area contributed by atoms with Crippen molar-refractivity contribution < 1.29 is 14.6 Å². The molecule has 3 heterocycles. The van der Waals surface area contributed by atoms with E-state index in [9.17, 15) is 9.90 Å². The number of nitrogen functional groups attached to an aromatic ring is 1. The third-order valence-corrected chi connectivity index (χ3v) is 5.72. The Morgan fingerprint density at radius 3 is 2.77 bits per heavy atom. The maximum absolute atomic E-state index is 12.1. The van der Waals surface area contributed by atoms with Gasteiger partial charge in [-0.05, 0) is 50.2 Å². The average molecular weight is 419 g/mol. The highest BCUT2D eigenvalue weighted by Gasteiger charge is 2.25. The number of aromatic nitrogens is 3. The maximum Gasteiger partial charge on any atom is 0.254 e. The van der Waals surface area contributed by atoms with Gasteiger partial charge in [0.25, 0.3) is 5.91 Å². The fourth-order valence-electron chi connectivity index (χ4n) is 3.99. The van der Waals surface area contributed by atoms with Gasteiger partial charge in [0.1, 0.15) is 28.3 Å². The lowest BCUT2D eigenvalue weighted by molar-refractivity contribution is 0.0678. The number of primary amides is 1. The highest BCUT2D eigenvalue weighted by molar-refractivity contribution is 6.09. The fraction of sp³-hybridized carbons (Fsp3) is 0.348. The van der Waals surface area contributed by atoms with Crippen molar-refractivity contribution in [2.75, 3.05) is 18.9 Å². The molecule has 1 fully saturated rings. The summed E-state index contributed by atoms with van der Waals surface area (Å²) in [6.45, 7) is 5.23. The monoisotopic (exact) mass is 419 g/mol. The third-order valence-electron chi connectivity index (χ3n) is 5.72. The van der Waals surface area contributed by atoms with E-state index in [4.69, 9.17) is 16.2 Å². The van der Waals surface area contributed by atoms with Crippen LogP contribution >= 0.6 is 0 Å². The van der Waals surface area contributed by atoms with E-state index < -0.39 is 5.91 Å². The summed E-state index contributed by atoms with van der Waals surface area (Å²) in [5, 5.41) is 10.2. The predicted octanol–water partition coefficient (Wildman–Crippen LogP) is 2.59. The first-order valence-corrected chi connectivity index (χ1v) is 10.2. The highest BCUT2D eigenvalue weighted by Crippen LogP contribution is 2.34. The van der Waals surface area contributed by atoms with Crippen LogP contribution in [0.3, 0.4) is 0 Å². The number of fused-ring (bicyclic) bond motifs is 1. The number of nitrogens with zero attached hydrogens (tertiary/aromatic N) is 3. The van der Waals surface area contributed by atoms with Gasteiger partial charge in [0.05, 0.1) is 11.9 Å². The van der Waals surface area contributed by atoms with Crippen molar-refractivity contribution in [2.45, 2.75) is 33.1 Å². The van der Waals surface area contributed by atoms with E-state index in [1.54, 1.807) is 23.6 Å². The van der Waals surface area contributed by atoms with Gasteiger partial charge in [0.2, 0.25) is 0 Å². The normalized spacial score (nSPS) is 14.4. The van der Waals surface area contributed by atoms with Crippen LogP contribution in [-0.2, 0) is 4.74 Å². The molecule has 8 heteroatoms. The molecule has 8 nitrogen and oxygen atoms in total. The first-order chi connectivity index (χ1) is 14.9. The Balaban J connectivity index is 1.84. The molecule has 2 aromatic heterocycles. The minimum absolute atomic E-state index is 0.103. The van der Waals surface area contributed by atoms with Crippen molar-refractivity contribution in [3.8, 4) is 23.3 Å². The Morgan fingerprint density at radius 1 is 1.32 bits per heavy atom. The molecule has 5 N–H and O–H groups in total. The molecule has 31 heavy (non-hydrogen) atoms. The molecular weight excluding hydrogens is 394 g/mol. The predicted molar refractivity (Wildman–Crippen MR) is 118 cm³/mol. The minimum atomic E-state index is -0.690. The number of benzene rings is 1. The topological polar surface area (TPSA) is 129 Å². The Labute approximate surface area is 180 Å². The summed E-state index contributed by atoms with van der Waals surface area (Å²) < 4.78 is 7.01. The van der Waals surface area contributed by atoms with E-state index in [1.165, 1.54) is 6.20 Å². The maximum atomic E-state index is 12.1. The molecule has 0 aliphatic carbocycles. The van der Waals surface area contributed by atoms with Crippen LogP contribution in [-0.4, -0.2) is 38.8 Å². The van der Waals surface area contributed by atoms with Crippen molar-refractivity contribution in [1.82, 2.24) is 14.5 Å². The van der Waals surface area contributed by atoms with Crippen molar-refractivity contribution in [3.05, 3.63) is 40.7 Å². The number of aromatic hydroxyl groups is 1. The Hall–Kier alpha value is -3.57. The van der Waals surface area contributed by atoms with Gasteiger partial charge in [-0.3, -0.25) is 9.36 Å². The van der Waals surface area contributed by atoms with Crippen LogP contribution in [0.1, 0.15) is 46.4 Å². The van der Waals surface area contributed by atoms with E-state index in [2.05, 4.69) is 21.8 Å². The summed E-state index contributed by atoms with van der Waals surface area (Å²) in [7, 11) is 0. The first kappa shape index (κ1) is 20.7. The number of phenols is 1. The number of hydrogen-bond acceptors (Lipinski definition) is 6. The molecule has 160 valence electrons. The number of carbonyl (C=O) groups excluding carboxylic acids is 1. The lowest BCUT2D eigenvalue weighted by atomic mass is 9.97. The van der Waals surface area contributed by atoms with Gasteiger partial charge in [0, 0.05) is 25.2 Å². The van der Waals surface area contributed by atoms with E-state index in [1.807, 2.05) is 6.92 Å². The number of hydrogen-bond donors (Lipinski definition) is 3. The number of phenolic OH excluding ortho intramolecular Hbond substituents is 1. The molecule has 3 aromatic rings. The van der Waals surface area contributed by atoms with Crippen LogP contribution in [0.25, 0.3) is 16.9 Å². The summed E-state index contributed by atoms with van der Waals surface area (Å²) in [4.78, 5) is 21.2. The highest BCUT2D eigenvalue weighted by atomic mass is 16.5. The van der Waals surface area contributed by atoms with Crippen LogP contribution in [0.5, 0.6) is 5.75 Å². The molecule has 0 saturated carbocycles. The Kier molecular flexibility index (Phi) is 5.53. The molecule has 1 amide bonds. The van der Waals surface area contributed by atoms with Gasteiger partial charge in [-0.15, -0.1) is 0 Å². The van der Waals surface area contributed by atoms with Crippen molar-refractivity contribution >= 4 is 22.9 Å². The van der Waals surface area contributed by atoms with E-state index in [0.717, 1.165) is 38.0 Å². The second-order valence-corrected chi connectivity index (χ2v) is 7.82. The zero-order valence-electron chi connectivity index (χ0n) is 17.6. The molecule has 0 unspecified atom stereocenters. The lowest BCUT2D eigenvalue weighted by Crippen LogP contribution is -2.14. The number of rotatable bonds is 3. The summed E-state index contributed by atoms with van der Waals surface area (Å²) in [5.74, 6) is 6.35. The zero-order chi connectivity index (χ0) is 22.1. The van der Waals surface area contributed by atoms with Gasteiger partial charge < -0.3 is 21.3 Å². The van der Waals surface area contributed by atoms with E-state index in [0.29, 0.717) is 34.0 Å². The molecule has 0 radical (unpaired) electrons.